The van der Waals surface area contributed by atoms with E-state index in [2.05, 4.69) is 25.5 Å². The Labute approximate surface area is 194 Å². The Hall–Kier alpha value is -3.78. The lowest BCUT2D eigenvalue weighted by molar-refractivity contribution is -0.360. The molecule has 0 unspecified atom stereocenters. The molecule has 1 aromatic heterocycles. The van der Waals surface area contributed by atoms with E-state index < -0.39 is 24.3 Å². The summed E-state index contributed by atoms with van der Waals surface area (Å²) >= 11 is 0. The summed E-state index contributed by atoms with van der Waals surface area (Å²) in [5.41, 5.74) is 1.46. The van der Waals surface area contributed by atoms with Crippen LogP contribution in [-0.2, 0) is 14.3 Å². The average molecular weight is 499 g/mol. The Bertz CT molecular complexity index is 1150. The molecular formula is C21H18F5N5O4. The van der Waals surface area contributed by atoms with Crippen LogP contribution < -0.4 is 15.4 Å². The first kappa shape index (κ1) is 24.3. The quantitative estimate of drug-likeness (QED) is 0.341. The van der Waals surface area contributed by atoms with Gasteiger partial charge in [-0.05, 0) is 48.5 Å². The van der Waals surface area contributed by atoms with Gasteiger partial charge in [0.05, 0.1) is 25.4 Å². The molecule has 0 radical (unpaired) electrons. The van der Waals surface area contributed by atoms with Crippen molar-refractivity contribution < 1.29 is 41.0 Å². The molecule has 9 nitrogen and oxygen atoms in total. The lowest BCUT2D eigenvalue weighted by atomic mass is 10.2. The molecule has 0 saturated carbocycles. The van der Waals surface area contributed by atoms with Crippen molar-refractivity contribution in [3.05, 3.63) is 48.5 Å². The molecule has 3 aromatic rings. The molecule has 0 bridgehead atoms. The number of ether oxygens (including phenoxy) is 3. The van der Waals surface area contributed by atoms with Gasteiger partial charge in [0.15, 0.2) is 12.1 Å². The highest BCUT2D eigenvalue weighted by Crippen LogP contribution is 2.37. The van der Waals surface area contributed by atoms with Crippen molar-refractivity contribution in [2.24, 2.45) is 0 Å². The fourth-order valence-electron chi connectivity index (χ4n) is 3.07. The van der Waals surface area contributed by atoms with E-state index in [9.17, 15) is 26.7 Å². The van der Waals surface area contributed by atoms with Crippen molar-refractivity contribution >= 4 is 18.0 Å². The van der Waals surface area contributed by atoms with Crippen molar-refractivity contribution in [3.8, 4) is 22.8 Å². The molecule has 0 atom stereocenters. The fourth-order valence-corrected chi connectivity index (χ4v) is 3.07. The summed E-state index contributed by atoms with van der Waals surface area (Å²) < 4.78 is 79.5. The molecule has 1 fully saturated rings. The number of benzene rings is 2. The summed E-state index contributed by atoms with van der Waals surface area (Å²) in [7, 11) is 0. The third kappa shape index (κ3) is 5.66. The molecule has 2 aromatic carbocycles. The number of hydrogen-bond acceptors (Lipinski definition) is 7. The summed E-state index contributed by atoms with van der Waals surface area (Å²) in [6, 6.07) is 11.1. The molecule has 2 heterocycles. The van der Waals surface area contributed by atoms with Crippen LogP contribution in [0.4, 0.5) is 33.6 Å². The summed E-state index contributed by atoms with van der Waals surface area (Å²) in [5, 5.41) is 9.96. The molecule has 1 amide bonds. The molecule has 2 N–H and O–H groups in total. The van der Waals surface area contributed by atoms with E-state index in [0.29, 0.717) is 36.6 Å². The third-order valence-corrected chi connectivity index (χ3v) is 4.75. The lowest BCUT2D eigenvalue weighted by Gasteiger charge is -2.20. The molecule has 4 rings (SSSR count). The molecule has 1 saturated heterocycles. The van der Waals surface area contributed by atoms with Gasteiger partial charge in [0.25, 0.3) is 0 Å². The number of rotatable bonds is 9. The third-order valence-electron chi connectivity index (χ3n) is 4.75. The van der Waals surface area contributed by atoms with Gasteiger partial charge in [0.1, 0.15) is 5.75 Å². The molecule has 1 aliphatic rings. The van der Waals surface area contributed by atoms with Crippen LogP contribution in [0.25, 0.3) is 17.1 Å². The van der Waals surface area contributed by atoms with Crippen LogP contribution in [0.2, 0.25) is 0 Å². The number of aromatic nitrogens is 3. The molecular weight excluding hydrogens is 481 g/mol. The number of anilines is 2. The Morgan fingerprint density at radius 1 is 1.03 bits per heavy atom. The molecule has 186 valence electrons. The molecule has 0 spiro atoms. The molecule has 0 aliphatic carbocycles. The number of halogens is 5. The van der Waals surface area contributed by atoms with Gasteiger partial charge in [-0.15, -0.1) is 5.10 Å². The minimum atomic E-state index is -5.86. The second kappa shape index (κ2) is 9.84. The van der Waals surface area contributed by atoms with Crippen LogP contribution in [0, 0.1) is 0 Å². The fraction of sp³-hybridized carbons (Fsp3) is 0.286. The zero-order valence-electron chi connectivity index (χ0n) is 17.8. The van der Waals surface area contributed by atoms with Crippen molar-refractivity contribution in [2.75, 3.05) is 30.4 Å². The van der Waals surface area contributed by atoms with Crippen LogP contribution >= 0.6 is 0 Å². The number of carbonyl (C=O) groups is 1. The maximum Gasteiger partial charge on any atom is 0.499 e. The Morgan fingerprint density at radius 2 is 1.69 bits per heavy atom. The summed E-state index contributed by atoms with van der Waals surface area (Å²) in [4.78, 5) is 15.0. The Balaban J connectivity index is 1.60. The van der Waals surface area contributed by atoms with Crippen molar-refractivity contribution in [1.82, 2.24) is 14.8 Å². The maximum absolute atomic E-state index is 13.2. The van der Waals surface area contributed by atoms with E-state index in [0.717, 1.165) is 12.1 Å². The van der Waals surface area contributed by atoms with Crippen molar-refractivity contribution in [1.29, 1.82) is 0 Å². The highest BCUT2D eigenvalue weighted by molar-refractivity contribution is 5.72. The Morgan fingerprint density at radius 3 is 2.29 bits per heavy atom. The average Bonchev–Trinajstić information content (AvgIpc) is 3.48. The normalized spacial score (nSPS) is 14.7. The van der Waals surface area contributed by atoms with E-state index >= 15 is 0 Å². The second-order valence-corrected chi connectivity index (χ2v) is 7.17. The maximum atomic E-state index is 13.2. The zero-order chi connectivity index (χ0) is 25.1. The smallest absolute Gasteiger partial charge is 0.426 e. The highest BCUT2D eigenvalue weighted by Gasteiger charge is 2.61. The second-order valence-electron chi connectivity index (χ2n) is 7.17. The van der Waals surface area contributed by atoms with Crippen LogP contribution in [0.15, 0.2) is 48.5 Å². The van der Waals surface area contributed by atoms with E-state index in [1.807, 2.05) is 0 Å². The van der Waals surface area contributed by atoms with E-state index in [4.69, 9.17) is 9.47 Å². The Kier molecular flexibility index (Phi) is 6.84. The zero-order valence-corrected chi connectivity index (χ0v) is 17.8. The minimum absolute atomic E-state index is 0.222. The predicted octanol–water partition coefficient (Wildman–Crippen LogP) is 3.82. The summed E-state index contributed by atoms with van der Waals surface area (Å²) in [6.45, 7) is 1.10. The standard InChI is InChI=1S/C21H18F5N5O4/c22-20(23,24)21(25,26)35-16-7-5-15(6-8-16)31-19(27-11-17-33-9-10-34-17)29-18(30-31)13-1-3-14(4-2-13)28-12-32/h1-8,12,17H,9-11H2,(H,28,32)(H,27,29,30). The number of nitrogens with zero attached hydrogens (tertiary/aromatic N) is 3. The monoisotopic (exact) mass is 499 g/mol. The van der Waals surface area contributed by atoms with Gasteiger partial charge in [-0.2, -0.15) is 31.6 Å². The van der Waals surface area contributed by atoms with Crippen molar-refractivity contribution in [3.63, 3.8) is 0 Å². The minimum Gasteiger partial charge on any atom is -0.426 e. The van der Waals surface area contributed by atoms with Crippen molar-refractivity contribution in [2.45, 2.75) is 18.6 Å². The van der Waals surface area contributed by atoms with Gasteiger partial charge in [0, 0.05) is 11.3 Å². The predicted molar refractivity (Wildman–Crippen MR) is 112 cm³/mol. The van der Waals surface area contributed by atoms with E-state index in [-0.39, 0.29) is 18.3 Å². The summed E-state index contributed by atoms with van der Waals surface area (Å²) in [6.07, 6.45) is -11.2. The molecule has 35 heavy (non-hydrogen) atoms. The van der Waals surface area contributed by atoms with Crippen LogP contribution in [0.3, 0.4) is 0 Å². The largest absolute Gasteiger partial charge is 0.499 e. The van der Waals surface area contributed by atoms with E-state index in [1.54, 1.807) is 24.3 Å². The highest BCUT2D eigenvalue weighted by atomic mass is 19.4. The molecule has 1 aliphatic heterocycles. The van der Waals surface area contributed by atoms with Gasteiger partial charge in [-0.3, -0.25) is 4.79 Å². The first-order valence-electron chi connectivity index (χ1n) is 10.1. The first-order valence-corrected chi connectivity index (χ1v) is 10.1. The van der Waals surface area contributed by atoms with Crippen LogP contribution in [-0.4, -0.2) is 59.5 Å². The number of carbonyl (C=O) groups excluding carboxylic acids is 1. The number of amides is 1. The van der Waals surface area contributed by atoms with Crippen LogP contribution in [0.1, 0.15) is 0 Å². The SMILES string of the molecule is O=CNc1ccc(-c2nc(NCC3OCCO3)n(-c3ccc(OC(F)(F)C(F)(F)F)cc3)n2)cc1. The number of nitrogens with one attached hydrogen (secondary N) is 2. The topological polar surface area (TPSA) is 99.5 Å². The van der Waals surface area contributed by atoms with Gasteiger partial charge in [-0.1, -0.05) is 0 Å². The summed E-state index contributed by atoms with van der Waals surface area (Å²) in [5.74, 6) is -0.164. The van der Waals surface area contributed by atoms with Crippen LogP contribution in [0.5, 0.6) is 5.75 Å². The van der Waals surface area contributed by atoms with Gasteiger partial charge >= 0.3 is 12.3 Å². The molecule has 14 heteroatoms. The number of alkyl halides is 5. The lowest BCUT2D eigenvalue weighted by Crippen LogP contribution is -2.41. The van der Waals surface area contributed by atoms with E-state index in [1.165, 1.54) is 16.8 Å². The van der Waals surface area contributed by atoms with Gasteiger partial charge in [0.2, 0.25) is 12.4 Å². The first-order chi connectivity index (χ1) is 16.7. The van der Waals surface area contributed by atoms with Gasteiger partial charge in [-0.25, -0.2) is 0 Å². The number of hydrogen-bond donors (Lipinski definition) is 2. The van der Waals surface area contributed by atoms with Gasteiger partial charge < -0.3 is 24.8 Å².